The Morgan fingerprint density at radius 2 is 1.81 bits per heavy atom. The third kappa shape index (κ3) is 5.35. The number of sulfonamides is 1. The first-order valence-electron chi connectivity index (χ1n) is 9.18. The fourth-order valence-corrected chi connectivity index (χ4v) is 4.42. The van der Waals surface area contributed by atoms with Crippen molar-refractivity contribution >= 4 is 20.8 Å². The zero-order chi connectivity index (χ0) is 19.1. The minimum absolute atomic E-state index is 0.254. The van der Waals surface area contributed by atoms with Gasteiger partial charge in [-0.25, -0.2) is 13.1 Å². The van der Waals surface area contributed by atoms with E-state index in [1.807, 2.05) is 18.2 Å². The molecule has 1 aromatic heterocycles. The normalized spacial score (nSPS) is 12.9. The quantitative estimate of drug-likeness (QED) is 0.556. The molecule has 1 atom stereocenters. The highest BCUT2D eigenvalue weighted by Gasteiger charge is 2.19. The van der Waals surface area contributed by atoms with Crippen LogP contribution in [-0.2, 0) is 16.4 Å². The number of fused-ring (bicyclic) bond motifs is 1. The van der Waals surface area contributed by atoms with Crippen LogP contribution in [0, 0.1) is 0 Å². The Kier molecular flexibility index (Phi) is 6.55. The zero-order valence-electron chi connectivity index (χ0n) is 15.2. The van der Waals surface area contributed by atoms with Gasteiger partial charge in [0.2, 0.25) is 10.0 Å². The molecule has 6 heteroatoms. The summed E-state index contributed by atoms with van der Waals surface area (Å²) in [5, 5.41) is 1.76. The van der Waals surface area contributed by atoms with Crippen molar-refractivity contribution in [3.63, 3.8) is 0 Å². The van der Waals surface area contributed by atoms with E-state index in [4.69, 9.17) is 5.73 Å². The van der Waals surface area contributed by atoms with Gasteiger partial charge in [0.1, 0.15) is 0 Å². The van der Waals surface area contributed by atoms with Gasteiger partial charge in [0.15, 0.2) is 0 Å². The second-order valence-corrected chi connectivity index (χ2v) is 8.38. The number of nitrogens with two attached hydrogens (primary N) is 1. The van der Waals surface area contributed by atoms with Crippen LogP contribution in [-0.4, -0.2) is 26.0 Å². The van der Waals surface area contributed by atoms with Crippen LogP contribution in [0.2, 0.25) is 0 Å². The van der Waals surface area contributed by atoms with E-state index in [1.54, 1.807) is 36.7 Å². The van der Waals surface area contributed by atoms with Crippen LogP contribution < -0.4 is 10.5 Å². The molecule has 27 heavy (non-hydrogen) atoms. The largest absolute Gasteiger partial charge is 0.329 e. The van der Waals surface area contributed by atoms with E-state index in [0.717, 1.165) is 36.5 Å². The van der Waals surface area contributed by atoms with E-state index in [2.05, 4.69) is 21.8 Å². The number of nitrogens with zero attached hydrogens (tertiary/aromatic N) is 1. The van der Waals surface area contributed by atoms with E-state index in [1.165, 1.54) is 5.56 Å². The SMILES string of the molecule is NCC(CCCCc1ccccc1)NS(=O)(=O)c1ccc2cnccc2c1. The van der Waals surface area contributed by atoms with Gasteiger partial charge < -0.3 is 5.73 Å². The minimum Gasteiger partial charge on any atom is -0.329 e. The van der Waals surface area contributed by atoms with Crippen molar-refractivity contribution in [3.8, 4) is 0 Å². The van der Waals surface area contributed by atoms with Gasteiger partial charge in [-0.1, -0.05) is 42.8 Å². The lowest BCUT2D eigenvalue weighted by atomic mass is 10.0. The third-order valence-electron chi connectivity index (χ3n) is 4.64. The number of benzene rings is 2. The van der Waals surface area contributed by atoms with Crippen molar-refractivity contribution in [2.45, 2.75) is 36.6 Å². The number of hydrogen-bond acceptors (Lipinski definition) is 4. The topological polar surface area (TPSA) is 85.1 Å². The maximum Gasteiger partial charge on any atom is 0.240 e. The molecule has 0 spiro atoms. The molecule has 2 aromatic carbocycles. The van der Waals surface area contributed by atoms with Gasteiger partial charge >= 0.3 is 0 Å². The van der Waals surface area contributed by atoms with Crippen LogP contribution in [0.4, 0.5) is 0 Å². The third-order valence-corrected chi connectivity index (χ3v) is 6.16. The summed E-state index contributed by atoms with van der Waals surface area (Å²) >= 11 is 0. The van der Waals surface area contributed by atoms with E-state index >= 15 is 0 Å². The van der Waals surface area contributed by atoms with E-state index < -0.39 is 10.0 Å². The highest BCUT2D eigenvalue weighted by atomic mass is 32.2. The van der Waals surface area contributed by atoms with Gasteiger partial charge in [0.05, 0.1) is 4.90 Å². The molecule has 0 bridgehead atoms. The number of pyridine rings is 1. The number of unbranched alkanes of at least 4 members (excludes halogenated alkanes) is 1. The smallest absolute Gasteiger partial charge is 0.240 e. The predicted molar refractivity (Wildman–Crippen MR) is 109 cm³/mol. The molecule has 0 amide bonds. The van der Waals surface area contributed by atoms with Gasteiger partial charge in [-0.2, -0.15) is 0 Å². The summed E-state index contributed by atoms with van der Waals surface area (Å²) in [6.45, 7) is 0.280. The van der Waals surface area contributed by atoms with Gasteiger partial charge in [-0.05, 0) is 48.4 Å². The first-order chi connectivity index (χ1) is 13.1. The molecule has 0 saturated carbocycles. The molecule has 0 fully saturated rings. The van der Waals surface area contributed by atoms with Gasteiger partial charge in [0.25, 0.3) is 0 Å². The van der Waals surface area contributed by atoms with Gasteiger partial charge in [0, 0.05) is 30.4 Å². The van der Waals surface area contributed by atoms with Gasteiger partial charge in [-0.15, -0.1) is 0 Å². The molecular weight excluding hydrogens is 358 g/mol. The molecule has 1 unspecified atom stereocenters. The Labute approximate surface area is 160 Å². The average Bonchev–Trinajstić information content (AvgIpc) is 2.70. The Morgan fingerprint density at radius 3 is 2.59 bits per heavy atom. The van der Waals surface area contributed by atoms with Crippen molar-refractivity contribution in [3.05, 3.63) is 72.6 Å². The maximum atomic E-state index is 12.7. The summed E-state index contributed by atoms with van der Waals surface area (Å²) in [5.74, 6) is 0. The Hall–Kier alpha value is -2.28. The zero-order valence-corrected chi connectivity index (χ0v) is 16.0. The molecule has 0 aliphatic carbocycles. The van der Waals surface area contributed by atoms with Crippen molar-refractivity contribution in [2.24, 2.45) is 5.73 Å². The van der Waals surface area contributed by atoms with Crippen LogP contribution in [0.5, 0.6) is 0 Å². The fraction of sp³-hybridized carbons (Fsp3) is 0.286. The molecule has 5 nitrogen and oxygen atoms in total. The van der Waals surface area contributed by atoms with Gasteiger partial charge in [-0.3, -0.25) is 4.98 Å². The molecule has 0 aliphatic heterocycles. The molecule has 3 N–H and O–H groups in total. The Morgan fingerprint density at radius 1 is 1.00 bits per heavy atom. The highest BCUT2D eigenvalue weighted by molar-refractivity contribution is 7.89. The molecule has 142 valence electrons. The predicted octanol–water partition coefficient (Wildman–Crippen LogP) is 3.25. The molecule has 3 rings (SSSR count). The van der Waals surface area contributed by atoms with Crippen molar-refractivity contribution in [1.29, 1.82) is 0 Å². The van der Waals surface area contributed by atoms with Crippen LogP contribution in [0.25, 0.3) is 10.8 Å². The Balaban J connectivity index is 1.58. The molecule has 1 heterocycles. The monoisotopic (exact) mass is 383 g/mol. The van der Waals surface area contributed by atoms with Crippen molar-refractivity contribution in [1.82, 2.24) is 9.71 Å². The number of aryl methyl sites for hydroxylation is 1. The minimum atomic E-state index is -3.60. The number of hydrogen-bond donors (Lipinski definition) is 2. The van der Waals surface area contributed by atoms with E-state index in [-0.39, 0.29) is 17.5 Å². The molecule has 0 saturated heterocycles. The fourth-order valence-electron chi connectivity index (χ4n) is 3.11. The lowest BCUT2D eigenvalue weighted by molar-refractivity contribution is 0.511. The second-order valence-electron chi connectivity index (χ2n) is 6.67. The van der Waals surface area contributed by atoms with Crippen LogP contribution >= 0.6 is 0 Å². The van der Waals surface area contributed by atoms with Crippen LogP contribution in [0.15, 0.2) is 71.9 Å². The Bertz CT molecular complexity index is 975. The number of aromatic nitrogens is 1. The number of nitrogens with one attached hydrogen (secondary N) is 1. The second kappa shape index (κ2) is 9.08. The van der Waals surface area contributed by atoms with Crippen LogP contribution in [0.1, 0.15) is 24.8 Å². The lowest BCUT2D eigenvalue weighted by Gasteiger charge is -2.17. The molecule has 0 aliphatic rings. The summed E-state index contributed by atoms with van der Waals surface area (Å²) in [4.78, 5) is 4.30. The standard InChI is InChI=1S/C21H25N3O2S/c22-15-20(9-5-4-8-17-6-2-1-3-7-17)24-27(25,26)21-11-10-19-16-23-13-12-18(19)14-21/h1-3,6-7,10-14,16,20,24H,4-5,8-9,15,22H2. The van der Waals surface area contributed by atoms with Crippen LogP contribution in [0.3, 0.4) is 0 Å². The maximum absolute atomic E-state index is 12.7. The first kappa shape index (κ1) is 19.5. The highest BCUT2D eigenvalue weighted by Crippen LogP contribution is 2.19. The number of rotatable bonds is 9. The van der Waals surface area contributed by atoms with E-state index in [9.17, 15) is 8.42 Å². The molecule has 0 radical (unpaired) electrons. The lowest BCUT2D eigenvalue weighted by Crippen LogP contribution is -2.40. The van der Waals surface area contributed by atoms with E-state index in [0.29, 0.717) is 0 Å². The summed E-state index contributed by atoms with van der Waals surface area (Å²) in [5.41, 5.74) is 7.11. The summed E-state index contributed by atoms with van der Waals surface area (Å²) < 4.78 is 28.2. The average molecular weight is 384 g/mol. The first-order valence-corrected chi connectivity index (χ1v) is 10.7. The van der Waals surface area contributed by atoms with Crippen molar-refractivity contribution < 1.29 is 8.42 Å². The molecular formula is C21H25N3O2S. The van der Waals surface area contributed by atoms with Crippen molar-refractivity contribution in [2.75, 3.05) is 6.54 Å². The summed E-state index contributed by atoms with van der Waals surface area (Å²) in [6.07, 6.45) is 7.01. The summed E-state index contributed by atoms with van der Waals surface area (Å²) in [6, 6.07) is 16.9. The molecule has 3 aromatic rings. The summed E-state index contributed by atoms with van der Waals surface area (Å²) in [7, 11) is -3.60.